The van der Waals surface area contributed by atoms with Crippen LogP contribution in [0.1, 0.15) is 30.2 Å². The van der Waals surface area contributed by atoms with E-state index in [-0.39, 0.29) is 0 Å². The van der Waals surface area contributed by atoms with Crippen LogP contribution < -0.4 is 4.74 Å². The van der Waals surface area contributed by atoms with E-state index in [0.29, 0.717) is 11.8 Å². The van der Waals surface area contributed by atoms with Gasteiger partial charge in [-0.25, -0.2) is 4.98 Å². The van der Waals surface area contributed by atoms with Crippen molar-refractivity contribution in [1.29, 1.82) is 0 Å². The summed E-state index contributed by atoms with van der Waals surface area (Å²) in [6.45, 7) is 4.12. The minimum Gasteiger partial charge on any atom is -0.439 e. The number of pyridine rings is 1. The minimum atomic E-state index is 0.477. The summed E-state index contributed by atoms with van der Waals surface area (Å²) in [6.07, 6.45) is 2.25. The van der Waals surface area contributed by atoms with Gasteiger partial charge >= 0.3 is 0 Å². The Balaban J connectivity index is 2.10. The molecule has 0 aliphatic rings. The SMILES string of the molecule is CCCc1ccc(Oc2ccc(CCl)c(C)n2)cc1. The van der Waals surface area contributed by atoms with Gasteiger partial charge in [0.15, 0.2) is 0 Å². The van der Waals surface area contributed by atoms with Gasteiger partial charge in [0.05, 0.1) is 0 Å². The van der Waals surface area contributed by atoms with Crippen LogP contribution >= 0.6 is 11.6 Å². The third kappa shape index (κ3) is 3.71. The molecule has 2 nitrogen and oxygen atoms in total. The second-order valence-electron chi connectivity index (χ2n) is 4.52. The van der Waals surface area contributed by atoms with Crippen LogP contribution in [0.15, 0.2) is 36.4 Å². The Kier molecular flexibility index (Phi) is 4.80. The normalized spacial score (nSPS) is 10.5. The Morgan fingerprint density at radius 1 is 1.11 bits per heavy atom. The van der Waals surface area contributed by atoms with Crippen LogP contribution in [0.3, 0.4) is 0 Å². The van der Waals surface area contributed by atoms with E-state index in [1.807, 2.05) is 31.2 Å². The maximum absolute atomic E-state index is 5.81. The van der Waals surface area contributed by atoms with E-state index in [2.05, 4.69) is 24.0 Å². The lowest BCUT2D eigenvalue weighted by atomic mass is 10.1. The van der Waals surface area contributed by atoms with Crippen molar-refractivity contribution in [2.75, 3.05) is 0 Å². The molecule has 3 heteroatoms. The van der Waals surface area contributed by atoms with Gasteiger partial charge in [0, 0.05) is 17.6 Å². The van der Waals surface area contributed by atoms with Crippen molar-refractivity contribution in [1.82, 2.24) is 4.98 Å². The molecule has 100 valence electrons. The zero-order valence-electron chi connectivity index (χ0n) is 11.3. The summed E-state index contributed by atoms with van der Waals surface area (Å²) in [4.78, 5) is 4.39. The molecule has 0 aliphatic carbocycles. The molecule has 0 unspecified atom stereocenters. The average Bonchev–Trinajstić information content (AvgIpc) is 2.42. The molecular weight excluding hydrogens is 258 g/mol. The molecule has 0 amide bonds. The fourth-order valence-electron chi connectivity index (χ4n) is 1.90. The zero-order chi connectivity index (χ0) is 13.7. The largest absolute Gasteiger partial charge is 0.439 e. The van der Waals surface area contributed by atoms with Gasteiger partial charge in [-0.3, -0.25) is 0 Å². The molecule has 0 saturated carbocycles. The maximum Gasteiger partial charge on any atom is 0.219 e. The van der Waals surface area contributed by atoms with Crippen molar-refractivity contribution in [2.24, 2.45) is 0 Å². The number of alkyl halides is 1. The highest BCUT2D eigenvalue weighted by Gasteiger charge is 2.03. The van der Waals surface area contributed by atoms with Crippen LogP contribution in [0.2, 0.25) is 0 Å². The molecule has 1 heterocycles. The van der Waals surface area contributed by atoms with Crippen molar-refractivity contribution in [3.63, 3.8) is 0 Å². The van der Waals surface area contributed by atoms with Crippen LogP contribution in [-0.2, 0) is 12.3 Å². The van der Waals surface area contributed by atoms with Crippen LogP contribution in [0, 0.1) is 6.92 Å². The Bertz CT molecular complexity index is 537. The summed E-state index contributed by atoms with van der Waals surface area (Å²) in [5.41, 5.74) is 3.28. The number of aromatic nitrogens is 1. The molecule has 0 bridgehead atoms. The monoisotopic (exact) mass is 275 g/mol. The molecule has 1 aromatic carbocycles. The standard InChI is InChI=1S/C16H18ClNO/c1-3-4-13-5-8-15(9-6-13)19-16-10-7-14(11-17)12(2)18-16/h5-10H,3-4,11H2,1-2H3. The lowest BCUT2D eigenvalue weighted by Gasteiger charge is -2.08. The zero-order valence-corrected chi connectivity index (χ0v) is 12.1. The van der Waals surface area contributed by atoms with Crippen LogP contribution in [0.25, 0.3) is 0 Å². The first kappa shape index (κ1) is 13.9. The first-order valence-electron chi connectivity index (χ1n) is 6.52. The molecule has 0 N–H and O–H groups in total. The minimum absolute atomic E-state index is 0.477. The van der Waals surface area contributed by atoms with Crippen molar-refractivity contribution in [2.45, 2.75) is 32.6 Å². The predicted octanol–water partition coefficient (Wildman–Crippen LogP) is 4.87. The third-order valence-electron chi connectivity index (χ3n) is 3.00. The maximum atomic E-state index is 5.81. The van der Waals surface area contributed by atoms with E-state index < -0.39 is 0 Å². The number of nitrogens with zero attached hydrogens (tertiary/aromatic N) is 1. The molecule has 2 rings (SSSR count). The molecule has 0 radical (unpaired) electrons. The van der Waals surface area contributed by atoms with Crippen LogP contribution in [0.4, 0.5) is 0 Å². The van der Waals surface area contributed by atoms with Gasteiger partial charge in [-0.1, -0.05) is 31.5 Å². The number of rotatable bonds is 5. The summed E-state index contributed by atoms with van der Waals surface area (Å²) in [7, 11) is 0. The van der Waals surface area contributed by atoms with Gasteiger partial charge in [0.2, 0.25) is 5.88 Å². The van der Waals surface area contributed by atoms with Gasteiger partial charge in [-0.2, -0.15) is 0 Å². The number of ether oxygens (including phenoxy) is 1. The fourth-order valence-corrected chi connectivity index (χ4v) is 2.18. The Labute approximate surface area is 119 Å². The molecule has 0 spiro atoms. The number of benzene rings is 1. The van der Waals surface area contributed by atoms with Crippen molar-refractivity contribution >= 4 is 11.6 Å². The second kappa shape index (κ2) is 6.58. The molecule has 0 saturated heterocycles. The molecule has 0 aliphatic heterocycles. The highest BCUT2D eigenvalue weighted by atomic mass is 35.5. The van der Waals surface area contributed by atoms with Crippen molar-refractivity contribution in [3.8, 4) is 11.6 Å². The van der Waals surface area contributed by atoms with Crippen molar-refractivity contribution in [3.05, 3.63) is 53.2 Å². The summed E-state index contributed by atoms with van der Waals surface area (Å²) >= 11 is 5.81. The fraction of sp³-hybridized carbons (Fsp3) is 0.312. The Morgan fingerprint density at radius 3 is 2.42 bits per heavy atom. The van der Waals surface area contributed by atoms with E-state index in [1.54, 1.807) is 0 Å². The van der Waals surface area contributed by atoms with Crippen molar-refractivity contribution < 1.29 is 4.74 Å². The summed E-state index contributed by atoms with van der Waals surface area (Å²) in [6, 6.07) is 12.0. The topological polar surface area (TPSA) is 22.1 Å². The number of hydrogen-bond donors (Lipinski definition) is 0. The van der Waals surface area contributed by atoms with Gasteiger partial charge < -0.3 is 4.74 Å². The smallest absolute Gasteiger partial charge is 0.219 e. The Hall–Kier alpha value is -1.54. The lowest BCUT2D eigenvalue weighted by molar-refractivity contribution is 0.461. The molecule has 0 fully saturated rings. The lowest BCUT2D eigenvalue weighted by Crippen LogP contribution is -1.94. The molecule has 1 aromatic heterocycles. The van der Waals surface area contributed by atoms with Crippen LogP contribution in [-0.4, -0.2) is 4.98 Å². The molecule has 2 aromatic rings. The first-order valence-corrected chi connectivity index (χ1v) is 7.05. The average molecular weight is 276 g/mol. The van der Waals surface area contributed by atoms with Gasteiger partial charge in [0.25, 0.3) is 0 Å². The highest BCUT2D eigenvalue weighted by Crippen LogP contribution is 2.22. The number of hydrogen-bond acceptors (Lipinski definition) is 2. The van der Waals surface area contributed by atoms with Gasteiger partial charge in [-0.15, -0.1) is 11.6 Å². The Morgan fingerprint density at radius 2 is 1.84 bits per heavy atom. The summed E-state index contributed by atoms with van der Waals surface area (Å²) in [5.74, 6) is 1.89. The predicted molar refractivity (Wildman–Crippen MR) is 79.0 cm³/mol. The molecule has 0 atom stereocenters. The summed E-state index contributed by atoms with van der Waals surface area (Å²) < 4.78 is 5.74. The number of aryl methyl sites for hydroxylation is 2. The molecule has 19 heavy (non-hydrogen) atoms. The van der Waals surface area contributed by atoms with E-state index >= 15 is 0 Å². The second-order valence-corrected chi connectivity index (χ2v) is 4.79. The third-order valence-corrected chi connectivity index (χ3v) is 3.29. The highest BCUT2D eigenvalue weighted by molar-refractivity contribution is 6.17. The molecular formula is C16H18ClNO. The van der Waals surface area contributed by atoms with E-state index in [9.17, 15) is 0 Å². The van der Waals surface area contributed by atoms with E-state index in [4.69, 9.17) is 16.3 Å². The van der Waals surface area contributed by atoms with Gasteiger partial charge in [-0.05, 0) is 36.6 Å². The summed E-state index contributed by atoms with van der Waals surface area (Å²) in [5, 5.41) is 0. The number of halogens is 1. The van der Waals surface area contributed by atoms with E-state index in [0.717, 1.165) is 29.8 Å². The van der Waals surface area contributed by atoms with Gasteiger partial charge in [0.1, 0.15) is 5.75 Å². The van der Waals surface area contributed by atoms with Crippen LogP contribution in [0.5, 0.6) is 11.6 Å². The quantitative estimate of drug-likeness (QED) is 0.726. The van der Waals surface area contributed by atoms with E-state index in [1.165, 1.54) is 5.56 Å². The first-order chi connectivity index (χ1) is 9.22.